The number of halogens is 2. The maximum atomic E-state index is 13.0. The Balaban J connectivity index is 1.94. The summed E-state index contributed by atoms with van der Waals surface area (Å²) in [6.07, 6.45) is 3.79. The molecule has 0 unspecified atom stereocenters. The maximum absolute atomic E-state index is 13.0. The number of hydrogen-bond donors (Lipinski definition) is 2. The second kappa shape index (κ2) is 5.23. The van der Waals surface area contributed by atoms with Crippen molar-refractivity contribution in [2.45, 2.75) is 19.3 Å². The zero-order valence-electron chi connectivity index (χ0n) is 10.0. The van der Waals surface area contributed by atoms with Crippen LogP contribution in [0.4, 0.5) is 10.1 Å². The van der Waals surface area contributed by atoms with E-state index in [1.165, 1.54) is 25.3 Å². The van der Waals surface area contributed by atoms with Gasteiger partial charge in [0.1, 0.15) is 5.82 Å². The highest BCUT2D eigenvalue weighted by molar-refractivity contribution is 6.31. The van der Waals surface area contributed by atoms with Gasteiger partial charge in [-0.05, 0) is 38.1 Å². The topological polar surface area (TPSA) is 24.1 Å². The molecule has 0 atom stereocenters. The fourth-order valence-corrected chi connectivity index (χ4v) is 2.54. The summed E-state index contributed by atoms with van der Waals surface area (Å²) >= 11 is 5.75. The van der Waals surface area contributed by atoms with E-state index in [-0.39, 0.29) is 10.8 Å². The van der Waals surface area contributed by atoms with Gasteiger partial charge in [-0.15, -0.1) is 0 Å². The first-order chi connectivity index (χ1) is 8.15. The van der Waals surface area contributed by atoms with Gasteiger partial charge in [0.25, 0.3) is 0 Å². The lowest BCUT2D eigenvalue weighted by Crippen LogP contribution is -2.44. The lowest BCUT2D eigenvalue weighted by Gasteiger charge is -2.42. The summed E-state index contributed by atoms with van der Waals surface area (Å²) in [6.45, 7) is 1.94. The number of rotatable bonds is 5. The van der Waals surface area contributed by atoms with Gasteiger partial charge in [0.15, 0.2) is 0 Å². The summed E-state index contributed by atoms with van der Waals surface area (Å²) in [6, 6.07) is 4.77. The van der Waals surface area contributed by atoms with E-state index in [4.69, 9.17) is 11.6 Å². The Morgan fingerprint density at radius 1 is 1.35 bits per heavy atom. The van der Waals surface area contributed by atoms with Gasteiger partial charge in [0, 0.05) is 24.2 Å². The van der Waals surface area contributed by atoms with E-state index in [9.17, 15) is 4.39 Å². The normalized spacial score (nSPS) is 17.6. The fourth-order valence-electron chi connectivity index (χ4n) is 2.36. The summed E-state index contributed by atoms with van der Waals surface area (Å²) < 4.78 is 13.0. The first-order valence-corrected chi connectivity index (χ1v) is 6.37. The molecule has 1 saturated carbocycles. The van der Waals surface area contributed by atoms with E-state index >= 15 is 0 Å². The molecular weight excluding hydrogens is 239 g/mol. The first kappa shape index (κ1) is 12.7. The largest absolute Gasteiger partial charge is 0.384 e. The zero-order chi connectivity index (χ0) is 12.3. The highest BCUT2D eigenvalue weighted by Crippen LogP contribution is 2.40. The van der Waals surface area contributed by atoms with Gasteiger partial charge in [-0.1, -0.05) is 18.0 Å². The molecule has 17 heavy (non-hydrogen) atoms. The van der Waals surface area contributed by atoms with Crippen molar-refractivity contribution in [2.24, 2.45) is 5.41 Å². The van der Waals surface area contributed by atoms with Gasteiger partial charge in [-0.3, -0.25) is 0 Å². The minimum Gasteiger partial charge on any atom is -0.384 e. The predicted octanol–water partition coefficient (Wildman–Crippen LogP) is 3.28. The number of nitrogens with one attached hydrogen (secondary N) is 2. The minimum absolute atomic E-state index is 0.172. The lowest BCUT2D eigenvalue weighted by molar-refractivity contribution is 0.151. The van der Waals surface area contributed by atoms with Crippen LogP contribution in [0.3, 0.4) is 0 Å². The lowest BCUT2D eigenvalue weighted by atomic mass is 9.68. The number of anilines is 1. The average Bonchev–Trinajstić information content (AvgIpc) is 2.26. The molecule has 1 aromatic carbocycles. The van der Waals surface area contributed by atoms with E-state index in [2.05, 4.69) is 10.6 Å². The standard InChI is InChI=1S/C13H18ClFN2/c1-16-8-13(5-2-6-13)9-17-10-3-4-12(15)11(14)7-10/h3-4,7,16-17H,2,5-6,8-9H2,1H3. The van der Waals surface area contributed by atoms with Crippen molar-refractivity contribution in [3.05, 3.63) is 29.0 Å². The smallest absolute Gasteiger partial charge is 0.141 e. The average molecular weight is 257 g/mol. The van der Waals surface area contributed by atoms with Crippen LogP contribution in [-0.2, 0) is 0 Å². The van der Waals surface area contributed by atoms with Crippen LogP contribution in [0.2, 0.25) is 5.02 Å². The summed E-state index contributed by atoms with van der Waals surface area (Å²) in [7, 11) is 1.98. The highest BCUT2D eigenvalue weighted by Gasteiger charge is 2.35. The second-order valence-electron chi connectivity index (χ2n) is 4.87. The molecule has 2 N–H and O–H groups in total. The quantitative estimate of drug-likeness (QED) is 0.845. The van der Waals surface area contributed by atoms with Gasteiger partial charge in [0.05, 0.1) is 5.02 Å². The van der Waals surface area contributed by atoms with Crippen molar-refractivity contribution in [1.82, 2.24) is 5.32 Å². The number of hydrogen-bond acceptors (Lipinski definition) is 2. The maximum Gasteiger partial charge on any atom is 0.141 e. The van der Waals surface area contributed by atoms with Crippen LogP contribution in [0, 0.1) is 11.2 Å². The summed E-state index contributed by atoms with van der Waals surface area (Å²) in [5, 5.41) is 6.76. The molecule has 0 aliphatic heterocycles. The summed E-state index contributed by atoms with van der Waals surface area (Å²) in [5.74, 6) is -0.370. The Morgan fingerprint density at radius 2 is 2.12 bits per heavy atom. The Morgan fingerprint density at radius 3 is 2.65 bits per heavy atom. The zero-order valence-corrected chi connectivity index (χ0v) is 10.8. The van der Waals surface area contributed by atoms with Crippen LogP contribution in [-0.4, -0.2) is 20.1 Å². The molecule has 0 heterocycles. The van der Waals surface area contributed by atoms with Crippen molar-refractivity contribution in [2.75, 3.05) is 25.5 Å². The molecule has 2 nitrogen and oxygen atoms in total. The first-order valence-electron chi connectivity index (χ1n) is 5.99. The van der Waals surface area contributed by atoms with E-state index < -0.39 is 0 Å². The Labute approximate surface area is 107 Å². The van der Waals surface area contributed by atoms with Crippen LogP contribution >= 0.6 is 11.6 Å². The van der Waals surface area contributed by atoms with Crippen LogP contribution in [0.5, 0.6) is 0 Å². The van der Waals surface area contributed by atoms with Gasteiger partial charge in [0.2, 0.25) is 0 Å². The molecule has 1 aromatic rings. The molecule has 1 fully saturated rings. The Kier molecular flexibility index (Phi) is 3.89. The predicted molar refractivity (Wildman–Crippen MR) is 70.1 cm³/mol. The van der Waals surface area contributed by atoms with Crippen molar-refractivity contribution in [1.29, 1.82) is 0 Å². The minimum atomic E-state index is -0.370. The van der Waals surface area contributed by atoms with E-state index in [1.807, 2.05) is 7.05 Å². The number of benzene rings is 1. The van der Waals surface area contributed by atoms with Gasteiger partial charge >= 0.3 is 0 Å². The molecule has 0 amide bonds. The molecule has 0 bridgehead atoms. The van der Waals surface area contributed by atoms with Gasteiger partial charge < -0.3 is 10.6 Å². The molecule has 1 aliphatic rings. The molecule has 0 spiro atoms. The third kappa shape index (κ3) is 2.90. The summed E-state index contributed by atoms with van der Waals surface area (Å²) in [5.41, 5.74) is 1.24. The highest BCUT2D eigenvalue weighted by atomic mass is 35.5. The molecular formula is C13H18ClFN2. The van der Waals surface area contributed by atoms with Gasteiger partial charge in [-0.25, -0.2) is 4.39 Å². The SMILES string of the molecule is CNCC1(CNc2ccc(F)c(Cl)c2)CCC1. The third-order valence-electron chi connectivity index (χ3n) is 3.55. The van der Waals surface area contributed by atoms with Crippen molar-refractivity contribution in [3.8, 4) is 0 Å². The molecule has 1 aliphatic carbocycles. The van der Waals surface area contributed by atoms with Crippen molar-refractivity contribution < 1.29 is 4.39 Å². The third-order valence-corrected chi connectivity index (χ3v) is 3.84. The van der Waals surface area contributed by atoms with Gasteiger partial charge in [-0.2, -0.15) is 0 Å². The molecule has 2 rings (SSSR count). The molecule has 4 heteroatoms. The van der Waals surface area contributed by atoms with Crippen molar-refractivity contribution in [3.63, 3.8) is 0 Å². The van der Waals surface area contributed by atoms with Crippen LogP contribution in [0.15, 0.2) is 18.2 Å². The van der Waals surface area contributed by atoms with E-state index in [1.54, 1.807) is 12.1 Å². The van der Waals surface area contributed by atoms with E-state index in [0.717, 1.165) is 18.8 Å². The molecule has 0 radical (unpaired) electrons. The van der Waals surface area contributed by atoms with Crippen molar-refractivity contribution >= 4 is 17.3 Å². The molecule has 0 aromatic heterocycles. The van der Waals surface area contributed by atoms with Crippen LogP contribution < -0.4 is 10.6 Å². The van der Waals surface area contributed by atoms with Crippen LogP contribution in [0.25, 0.3) is 0 Å². The molecule has 94 valence electrons. The van der Waals surface area contributed by atoms with Crippen LogP contribution in [0.1, 0.15) is 19.3 Å². The Bertz CT molecular complexity index is 391. The Hall–Kier alpha value is -0.800. The summed E-state index contributed by atoms with van der Waals surface area (Å²) in [4.78, 5) is 0. The second-order valence-corrected chi connectivity index (χ2v) is 5.27. The fraction of sp³-hybridized carbons (Fsp3) is 0.538. The molecule has 0 saturated heterocycles. The van der Waals surface area contributed by atoms with E-state index in [0.29, 0.717) is 5.41 Å². The monoisotopic (exact) mass is 256 g/mol.